The van der Waals surface area contributed by atoms with Gasteiger partial charge in [-0.2, -0.15) is 0 Å². The van der Waals surface area contributed by atoms with Crippen molar-refractivity contribution >= 4 is 0 Å². The second-order valence-electron chi connectivity index (χ2n) is 4.28. The van der Waals surface area contributed by atoms with Gasteiger partial charge in [0.1, 0.15) is 5.75 Å². The molecule has 1 aromatic carbocycles. The van der Waals surface area contributed by atoms with E-state index in [1.54, 1.807) is 0 Å². The maximum Gasteiger partial charge on any atom is 0.119 e. The second kappa shape index (κ2) is 3.62. The second-order valence-corrected chi connectivity index (χ2v) is 4.28. The average molecular weight is 191 g/mol. The molecule has 0 bridgehead atoms. The van der Waals surface area contributed by atoms with Crippen LogP contribution < -0.4 is 10.5 Å². The van der Waals surface area contributed by atoms with Crippen molar-refractivity contribution in [1.29, 1.82) is 0 Å². The smallest absolute Gasteiger partial charge is 0.119 e. The van der Waals surface area contributed by atoms with Gasteiger partial charge >= 0.3 is 0 Å². The van der Waals surface area contributed by atoms with Crippen LogP contribution in [0.2, 0.25) is 0 Å². The fraction of sp³-hybridized carbons (Fsp3) is 0.500. The first-order chi connectivity index (χ1) is 6.68. The standard InChI is InChI=1S/C12H17NO/c1-10-3-2-4-11(9-10)14-8-7-12(13)5-6-12/h2-4,9H,5-8,13H2,1H3. The number of ether oxygens (including phenoxy) is 1. The molecule has 0 atom stereocenters. The first-order valence-electron chi connectivity index (χ1n) is 5.16. The quantitative estimate of drug-likeness (QED) is 0.792. The van der Waals surface area contributed by atoms with E-state index in [0.717, 1.165) is 31.6 Å². The molecular formula is C12H17NO. The largest absolute Gasteiger partial charge is 0.494 e. The van der Waals surface area contributed by atoms with E-state index in [9.17, 15) is 0 Å². The minimum Gasteiger partial charge on any atom is -0.494 e. The Morgan fingerprint density at radius 1 is 1.43 bits per heavy atom. The summed E-state index contributed by atoms with van der Waals surface area (Å²) < 4.78 is 5.62. The van der Waals surface area contributed by atoms with Crippen LogP contribution in [0.5, 0.6) is 5.75 Å². The number of hydrogen-bond acceptors (Lipinski definition) is 2. The number of rotatable bonds is 4. The fourth-order valence-corrected chi connectivity index (χ4v) is 1.49. The normalized spacial score (nSPS) is 17.9. The van der Waals surface area contributed by atoms with Gasteiger partial charge in [-0.1, -0.05) is 12.1 Å². The van der Waals surface area contributed by atoms with Gasteiger partial charge in [0, 0.05) is 5.54 Å². The lowest BCUT2D eigenvalue weighted by molar-refractivity contribution is 0.293. The van der Waals surface area contributed by atoms with Crippen LogP contribution in [0.25, 0.3) is 0 Å². The van der Waals surface area contributed by atoms with Crippen LogP contribution in [0.15, 0.2) is 24.3 Å². The lowest BCUT2D eigenvalue weighted by atomic mass is 10.2. The maximum absolute atomic E-state index is 5.96. The molecule has 2 rings (SSSR count). The van der Waals surface area contributed by atoms with Gasteiger partial charge in [-0.25, -0.2) is 0 Å². The molecule has 0 spiro atoms. The summed E-state index contributed by atoms with van der Waals surface area (Å²) in [6.07, 6.45) is 3.29. The summed E-state index contributed by atoms with van der Waals surface area (Å²) in [5, 5.41) is 0. The first kappa shape index (κ1) is 9.53. The van der Waals surface area contributed by atoms with Gasteiger partial charge in [-0.3, -0.25) is 0 Å². The molecular weight excluding hydrogens is 174 g/mol. The molecule has 0 unspecified atom stereocenters. The highest BCUT2D eigenvalue weighted by atomic mass is 16.5. The van der Waals surface area contributed by atoms with Crippen LogP contribution >= 0.6 is 0 Å². The van der Waals surface area contributed by atoms with E-state index < -0.39 is 0 Å². The van der Waals surface area contributed by atoms with E-state index in [4.69, 9.17) is 10.5 Å². The van der Waals surface area contributed by atoms with Gasteiger partial charge in [0.2, 0.25) is 0 Å². The SMILES string of the molecule is Cc1cccc(OCCC2(N)CC2)c1. The Morgan fingerprint density at radius 2 is 2.21 bits per heavy atom. The Labute approximate surface area is 85.1 Å². The molecule has 1 aliphatic rings. The van der Waals surface area contributed by atoms with Crippen LogP contribution in [-0.4, -0.2) is 12.1 Å². The summed E-state index contributed by atoms with van der Waals surface area (Å²) in [5.41, 5.74) is 7.29. The highest BCUT2D eigenvalue weighted by Crippen LogP contribution is 2.35. The topological polar surface area (TPSA) is 35.2 Å². The molecule has 14 heavy (non-hydrogen) atoms. The molecule has 76 valence electrons. The van der Waals surface area contributed by atoms with Crippen LogP contribution in [0.1, 0.15) is 24.8 Å². The van der Waals surface area contributed by atoms with Gasteiger partial charge in [0.05, 0.1) is 6.61 Å². The van der Waals surface area contributed by atoms with Crippen LogP contribution in [0.4, 0.5) is 0 Å². The summed E-state index contributed by atoms with van der Waals surface area (Å²) in [5.74, 6) is 0.953. The first-order valence-corrected chi connectivity index (χ1v) is 5.16. The lowest BCUT2D eigenvalue weighted by Gasteiger charge is -2.10. The fourth-order valence-electron chi connectivity index (χ4n) is 1.49. The van der Waals surface area contributed by atoms with E-state index >= 15 is 0 Å². The average Bonchev–Trinajstić information content (AvgIpc) is 2.84. The Balaban J connectivity index is 1.80. The summed E-state index contributed by atoms with van der Waals surface area (Å²) in [4.78, 5) is 0. The minimum absolute atomic E-state index is 0.101. The van der Waals surface area contributed by atoms with Crippen molar-refractivity contribution in [2.24, 2.45) is 5.73 Å². The van der Waals surface area contributed by atoms with E-state index in [0.29, 0.717) is 0 Å². The van der Waals surface area contributed by atoms with E-state index in [2.05, 4.69) is 19.1 Å². The van der Waals surface area contributed by atoms with E-state index in [-0.39, 0.29) is 5.54 Å². The zero-order chi connectivity index (χ0) is 10.0. The lowest BCUT2D eigenvalue weighted by Crippen LogP contribution is -2.24. The predicted molar refractivity (Wildman–Crippen MR) is 57.4 cm³/mol. The van der Waals surface area contributed by atoms with Gasteiger partial charge in [0.15, 0.2) is 0 Å². The monoisotopic (exact) mass is 191 g/mol. The number of benzene rings is 1. The van der Waals surface area contributed by atoms with Crippen molar-refractivity contribution in [1.82, 2.24) is 0 Å². The van der Waals surface area contributed by atoms with Gasteiger partial charge in [0.25, 0.3) is 0 Å². The Hall–Kier alpha value is -1.02. The van der Waals surface area contributed by atoms with E-state index in [1.165, 1.54) is 5.56 Å². The Morgan fingerprint density at radius 3 is 2.86 bits per heavy atom. The Bertz CT molecular complexity index is 318. The van der Waals surface area contributed by atoms with E-state index in [1.807, 2.05) is 12.1 Å². The van der Waals surface area contributed by atoms with Gasteiger partial charge in [-0.05, 0) is 43.9 Å². The zero-order valence-corrected chi connectivity index (χ0v) is 8.62. The van der Waals surface area contributed by atoms with Crippen LogP contribution in [0, 0.1) is 6.92 Å². The van der Waals surface area contributed by atoms with Crippen molar-refractivity contribution in [3.05, 3.63) is 29.8 Å². The molecule has 2 nitrogen and oxygen atoms in total. The van der Waals surface area contributed by atoms with Gasteiger partial charge < -0.3 is 10.5 Å². The van der Waals surface area contributed by atoms with Crippen molar-refractivity contribution in [2.45, 2.75) is 31.7 Å². The third-order valence-corrected chi connectivity index (χ3v) is 2.75. The zero-order valence-electron chi connectivity index (χ0n) is 8.62. The van der Waals surface area contributed by atoms with Gasteiger partial charge in [-0.15, -0.1) is 0 Å². The molecule has 0 aromatic heterocycles. The molecule has 1 aromatic rings. The highest BCUT2D eigenvalue weighted by molar-refractivity contribution is 5.27. The minimum atomic E-state index is 0.101. The van der Waals surface area contributed by atoms with Crippen molar-refractivity contribution in [3.63, 3.8) is 0 Å². The molecule has 0 amide bonds. The predicted octanol–water partition coefficient (Wildman–Crippen LogP) is 2.26. The molecule has 1 aliphatic carbocycles. The number of hydrogen-bond donors (Lipinski definition) is 1. The molecule has 1 saturated carbocycles. The van der Waals surface area contributed by atoms with Crippen molar-refractivity contribution in [2.75, 3.05) is 6.61 Å². The molecule has 2 heteroatoms. The van der Waals surface area contributed by atoms with Crippen molar-refractivity contribution < 1.29 is 4.74 Å². The molecule has 0 saturated heterocycles. The third kappa shape index (κ3) is 2.48. The highest BCUT2D eigenvalue weighted by Gasteiger charge is 2.37. The molecule has 1 fully saturated rings. The Kier molecular flexibility index (Phi) is 2.46. The van der Waals surface area contributed by atoms with Crippen LogP contribution in [0.3, 0.4) is 0 Å². The summed E-state index contributed by atoms with van der Waals surface area (Å²) in [6, 6.07) is 8.12. The van der Waals surface area contributed by atoms with Crippen molar-refractivity contribution in [3.8, 4) is 5.75 Å². The number of nitrogens with two attached hydrogens (primary N) is 1. The summed E-state index contributed by atoms with van der Waals surface area (Å²) in [7, 11) is 0. The van der Waals surface area contributed by atoms with Crippen LogP contribution in [-0.2, 0) is 0 Å². The molecule has 0 heterocycles. The maximum atomic E-state index is 5.96. The number of aryl methyl sites for hydroxylation is 1. The molecule has 0 aliphatic heterocycles. The summed E-state index contributed by atoms with van der Waals surface area (Å²) in [6.45, 7) is 2.80. The molecule has 2 N–H and O–H groups in total. The summed E-state index contributed by atoms with van der Waals surface area (Å²) >= 11 is 0. The molecule has 0 radical (unpaired) electrons. The third-order valence-electron chi connectivity index (χ3n) is 2.75.